The third-order valence-corrected chi connectivity index (χ3v) is 2.66. The monoisotopic (exact) mass is 329 g/mol. The minimum Gasteiger partial charge on any atom is -0.492 e. The van der Waals surface area contributed by atoms with Crippen LogP contribution in [0.15, 0.2) is 12.3 Å². The van der Waals surface area contributed by atoms with Crippen LogP contribution in [0, 0.1) is 0 Å². The molecular weight excluding hydrogens is 306 g/mol. The van der Waals surface area contributed by atoms with Crippen LogP contribution in [0.3, 0.4) is 0 Å². The SMILES string of the molecule is CC(=O)OC1C=COC(CNC(=O)OC(C)(C)C)[C@@H]1OC(C)=O. The third kappa shape index (κ3) is 7.03. The molecule has 1 heterocycles. The lowest BCUT2D eigenvalue weighted by Gasteiger charge is -2.33. The normalized spacial score (nSPS) is 23.4. The number of esters is 2. The fraction of sp³-hybridized carbons (Fsp3) is 0.667. The summed E-state index contributed by atoms with van der Waals surface area (Å²) < 4.78 is 20.7. The Bertz CT molecular complexity index is 481. The molecule has 1 rings (SSSR count). The Morgan fingerprint density at radius 3 is 2.26 bits per heavy atom. The summed E-state index contributed by atoms with van der Waals surface area (Å²) in [6, 6.07) is 0. The highest BCUT2D eigenvalue weighted by molar-refractivity contribution is 5.68. The van der Waals surface area contributed by atoms with E-state index in [9.17, 15) is 14.4 Å². The van der Waals surface area contributed by atoms with Crippen molar-refractivity contribution in [2.24, 2.45) is 0 Å². The molecule has 1 aliphatic heterocycles. The molecule has 8 nitrogen and oxygen atoms in total. The summed E-state index contributed by atoms with van der Waals surface area (Å²) in [7, 11) is 0. The topological polar surface area (TPSA) is 100 Å². The van der Waals surface area contributed by atoms with E-state index in [1.807, 2.05) is 0 Å². The van der Waals surface area contributed by atoms with Crippen LogP contribution in [-0.4, -0.2) is 48.5 Å². The molecule has 0 saturated heterocycles. The van der Waals surface area contributed by atoms with Crippen LogP contribution in [-0.2, 0) is 28.5 Å². The molecule has 0 aromatic heterocycles. The number of hydrogen-bond acceptors (Lipinski definition) is 7. The lowest BCUT2D eigenvalue weighted by Crippen LogP contribution is -2.50. The van der Waals surface area contributed by atoms with Crippen molar-refractivity contribution in [2.45, 2.75) is 58.5 Å². The van der Waals surface area contributed by atoms with Crippen molar-refractivity contribution in [3.05, 3.63) is 12.3 Å². The Hall–Kier alpha value is -2.25. The van der Waals surface area contributed by atoms with Gasteiger partial charge in [-0.3, -0.25) is 9.59 Å². The van der Waals surface area contributed by atoms with E-state index in [1.54, 1.807) is 20.8 Å². The predicted octanol–water partition coefficient (Wildman–Crippen LogP) is 1.29. The zero-order valence-corrected chi connectivity index (χ0v) is 14.0. The minimum atomic E-state index is -0.865. The van der Waals surface area contributed by atoms with Crippen molar-refractivity contribution in [1.29, 1.82) is 0 Å². The standard InChI is InChI=1S/C15H23NO7/c1-9(17)21-11-6-7-20-12(13(11)22-10(2)18)8-16-14(19)23-15(3,4)5/h6-7,11-13H,8H2,1-5H3,(H,16,19)/t11?,12?,13-/m1/s1. The quantitative estimate of drug-likeness (QED) is 0.612. The van der Waals surface area contributed by atoms with Crippen LogP contribution < -0.4 is 5.32 Å². The number of rotatable bonds is 4. The molecule has 1 N–H and O–H groups in total. The van der Waals surface area contributed by atoms with Crippen LogP contribution in [0.1, 0.15) is 34.6 Å². The summed E-state index contributed by atoms with van der Waals surface area (Å²) >= 11 is 0. The van der Waals surface area contributed by atoms with Gasteiger partial charge in [-0.05, 0) is 26.8 Å². The Morgan fingerprint density at radius 1 is 1.13 bits per heavy atom. The number of hydrogen-bond donors (Lipinski definition) is 1. The molecule has 2 unspecified atom stereocenters. The van der Waals surface area contributed by atoms with Crippen LogP contribution in [0.5, 0.6) is 0 Å². The molecular formula is C15H23NO7. The molecule has 3 atom stereocenters. The molecule has 0 saturated carbocycles. The van der Waals surface area contributed by atoms with Gasteiger partial charge < -0.3 is 24.3 Å². The first-order valence-corrected chi connectivity index (χ1v) is 7.22. The average Bonchev–Trinajstić information content (AvgIpc) is 2.36. The summed E-state index contributed by atoms with van der Waals surface area (Å²) in [4.78, 5) is 34.1. The smallest absolute Gasteiger partial charge is 0.407 e. The van der Waals surface area contributed by atoms with Crippen molar-refractivity contribution < 1.29 is 33.3 Å². The Morgan fingerprint density at radius 2 is 1.74 bits per heavy atom. The second-order valence-electron chi connectivity index (χ2n) is 6.03. The van der Waals surface area contributed by atoms with Crippen LogP contribution in [0.25, 0.3) is 0 Å². The second-order valence-corrected chi connectivity index (χ2v) is 6.03. The van der Waals surface area contributed by atoms with Gasteiger partial charge in [0.15, 0.2) is 18.3 Å². The number of carbonyl (C=O) groups is 3. The fourth-order valence-corrected chi connectivity index (χ4v) is 1.92. The van der Waals surface area contributed by atoms with E-state index in [1.165, 1.54) is 26.2 Å². The second kappa shape index (κ2) is 7.85. The molecule has 1 aliphatic rings. The molecule has 0 fully saturated rings. The first-order chi connectivity index (χ1) is 10.6. The molecule has 0 aromatic rings. The zero-order valence-electron chi connectivity index (χ0n) is 14.0. The van der Waals surface area contributed by atoms with Gasteiger partial charge in [0, 0.05) is 13.8 Å². The van der Waals surface area contributed by atoms with Crippen molar-refractivity contribution in [1.82, 2.24) is 5.32 Å². The van der Waals surface area contributed by atoms with Gasteiger partial charge in [-0.25, -0.2) is 4.79 Å². The Balaban J connectivity index is 2.70. The average molecular weight is 329 g/mol. The van der Waals surface area contributed by atoms with E-state index in [4.69, 9.17) is 18.9 Å². The molecule has 0 aromatic carbocycles. The summed E-state index contributed by atoms with van der Waals surface area (Å²) in [5.74, 6) is -1.06. The summed E-state index contributed by atoms with van der Waals surface area (Å²) in [5.41, 5.74) is -0.632. The van der Waals surface area contributed by atoms with Crippen LogP contribution >= 0.6 is 0 Å². The highest BCUT2D eigenvalue weighted by Crippen LogP contribution is 2.19. The van der Waals surface area contributed by atoms with Crippen molar-refractivity contribution in [3.63, 3.8) is 0 Å². The first-order valence-electron chi connectivity index (χ1n) is 7.22. The van der Waals surface area contributed by atoms with E-state index >= 15 is 0 Å². The molecule has 23 heavy (non-hydrogen) atoms. The molecule has 0 spiro atoms. The molecule has 1 amide bonds. The largest absolute Gasteiger partial charge is 0.492 e. The maximum Gasteiger partial charge on any atom is 0.407 e. The minimum absolute atomic E-state index is 0.0228. The van der Waals surface area contributed by atoms with E-state index in [0.29, 0.717) is 0 Å². The number of nitrogens with one attached hydrogen (secondary N) is 1. The van der Waals surface area contributed by atoms with Gasteiger partial charge in [0.25, 0.3) is 0 Å². The Kier molecular flexibility index (Phi) is 6.41. The van der Waals surface area contributed by atoms with Gasteiger partial charge in [0.2, 0.25) is 0 Å². The van der Waals surface area contributed by atoms with E-state index in [0.717, 1.165) is 0 Å². The maximum absolute atomic E-state index is 11.7. The Labute approximate surface area is 135 Å². The first kappa shape index (κ1) is 18.8. The number of ether oxygens (including phenoxy) is 4. The molecule has 8 heteroatoms. The van der Waals surface area contributed by atoms with Gasteiger partial charge in [0.1, 0.15) is 5.60 Å². The van der Waals surface area contributed by atoms with Gasteiger partial charge in [-0.1, -0.05) is 0 Å². The molecule has 0 bridgehead atoms. The number of carbonyl (C=O) groups excluding carboxylic acids is 3. The van der Waals surface area contributed by atoms with Gasteiger partial charge >= 0.3 is 18.0 Å². The number of alkyl carbamates (subject to hydrolysis) is 1. The summed E-state index contributed by atoms with van der Waals surface area (Å²) in [6.45, 7) is 7.74. The van der Waals surface area contributed by atoms with E-state index in [2.05, 4.69) is 5.32 Å². The lowest BCUT2D eigenvalue weighted by atomic mass is 10.1. The molecule has 0 radical (unpaired) electrons. The lowest BCUT2D eigenvalue weighted by molar-refractivity contribution is -0.173. The summed E-state index contributed by atoms with van der Waals surface area (Å²) in [5, 5.41) is 2.53. The number of amides is 1. The van der Waals surface area contributed by atoms with Crippen LogP contribution in [0.2, 0.25) is 0 Å². The van der Waals surface area contributed by atoms with Crippen LogP contribution in [0.4, 0.5) is 4.79 Å². The zero-order chi connectivity index (χ0) is 17.6. The third-order valence-electron chi connectivity index (χ3n) is 2.66. The highest BCUT2D eigenvalue weighted by atomic mass is 16.6. The van der Waals surface area contributed by atoms with Crippen molar-refractivity contribution in [2.75, 3.05) is 6.54 Å². The summed E-state index contributed by atoms with van der Waals surface area (Å²) in [6.07, 6.45) is -0.164. The fourth-order valence-electron chi connectivity index (χ4n) is 1.92. The van der Waals surface area contributed by atoms with E-state index < -0.39 is 41.9 Å². The maximum atomic E-state index is 11.7. The van der Waals surface area contributed by atoms with E-state index in [-0.39, 0.29) is 6.54 Å². The van der Waals surface area contributed by atoms with Crippen molar-refractivity contribution in [3.8, 4) is 0 Å². The predicted molar refractivity (Wildman–Crippen MR) is 79.4 cm³/mol. The van der Waals surface area contributed by atoms with Gasteiger partial charge in [-0.2, -0.15) is 0 Å². The van der Waals surface area contributed by atoms with Gasteiger partial charge in [-0.15, -0.1) is 0 Å². The molecule has 130 valence electrons. The van der Waals surface area contributed by atoms with Gasteiger partial charge in [0.05, 0.1) is 12.8 Å². The highest BCUT2D eigenvalue weighted by Gasteiger charge is 2.37. The molecule has 0 aliphatic carbocycles. The van der Waals surface area contributed by atoms with Crippen molar-refractivity contribution >= 4 is 18.0 Å².